The van der Waals surface area contributed by atoms with Gasteiger partial charge < -0.3 is 19.3 Å². The van der Waals surface area contributed by atoms with E-state index in [0.29, 0.717) is 22.6 Å². The van der Waals surface area contributed by atoms with Crippen LogP contribution in [0.3, 0.4) is 0 Å². The first-order chi connectivity index (χ1) is 12.5. The summed E-state index contributed by atoms with van der Waals surface area (Å²) < 4.78 is 15.2. The predicted molar refractivity (Wildman–Crippen MR) is 96.8 cm³/mol. The second kappa shape index (κ2) is 9.39. The third-order valence-corrected chi connectivity index (χ3v) is 3.50. The van der Waals surface area contributed by atoms with Crippen LogP contribution in [0.25, 0.3) is 6.08 Å². The van der Waals surface area contributed by atoms with Crippen molar-refractivity contribution in [3.8, 4) is 17.2 Å². The van der Waals surface area contributed by atoms with Crippen molar-refractivity contribution in [2.24, 2.45) is 0 Å². The fourth-order valence-corrected chi connectivity index (χ4v) is 2.14. The van der Waals surface area contributed by atoms with E-state index >= 15 is 0 Å². The molecular weight excluding hydrogens is 336 g/mol. The third-order valence-electron chi connectivity index (χ3n) is 3.50. The van der Waals surface area contributed by atoms with Gasteiger partial charge in [-0.3, -0.25) is 9.59 Å². The first kappa shape index (κ1) is 19.2. The minimum atomic E-state index is -0.225. The number of rotatable bonds is 9. The van der Waals surface area contributed by atoms with Crippen molar-refractivity contribution < 1.29 is 28.9 Å². The first-order valence-corrected chi connectivity index (χ1v) is 7.86. The van der Waals surface area contributed by atoms with Crippen LogP contribution in [-0.2, 0) is 9.53 Å². The number of phenols is 1. The second-order valence-corrected chi connectivity index (χ2v) is 5.40. The van der Waals surface area contributed by atoms with Crippen molar-refractivity contribution in [3.63, 3.8) is 0 Å². The highest BCUT2D eigenvalue weighted by molar-refractivity contribution is 5.97. The SMILES string of the molecule is COCC(=O)c1ccc(OCC(=O)/C=C/c2ccc(O)c(OC)c2)cc1. The van der Waals surface area contributed by atoms with Crippen molar-refractivity contribution in [1.82, 2.24) is 0 Å². The van der Waals surface area contributed by atoms with Crippen LogP contribution < -0.4 is 9.47 Å². The molecule has 0 aliphatic carbocycles. The van der Waals surface area contributed by atoms with Gasteiger partial charge in [-0.15, -0.1) is 0 Å². The molecule has 0 heterocycles. The van der Waals surface area contributed by atoms with E-state index in [1.807, 2.05) is 0 Å². The largest absolute Gasteiger partial charge is 0.504 e. The fourth-order valence-electron chi connectivity index (χ4n) is 2.14. The van der Waals surface area contributed by atoms with Crippen LogP contribution in [0, 0.1) is 0 Å². The average molecular weight is 356 g/mol. The van der Waals surface area contributed by atoms with E-state index < -0.39 is 0 Å². The highest BCUT2D eigenvalue weighted by Crippen LogP contribution is 2.26. The van der Waals surface area contributed by atoms with Crippen LogP contribution in [0.4, 0.5) is 0 Å². The number of carbonyl (C=O) groups is 2. The molecule has 0 aliphatic heterocycles. The molecule has 6 nitrogen and oxygen atoms in total. The van der Waals surface area contributed by atoms with Crippen LogP contribution in [0.5, 0.6) is 17.2 Å². The number of aromatic hydroxyl groups is 1. The highest BCUT2D eigenvalue weighted by Gasteiger charge is 2.06. The molecule has 0 spiro atoms. The Bertz CT molecular complexity index is 792. The molecule has 0 aliphatic rings. The zero-order chi connectivity index (χ0) is 18.9. The molecule has 0 bridgehead atoms. The van der Waals surface area contributed by atoms with Crippen molar-refractivity contribution in [1.29, 1.82) is 0 Å². The first-order valence-electron chi connectivity index (χ1n) is 7.86. The number of carbonyl (C=O) groups excluding carboxylic acids is 2. The van der Waals surface area contributed by atoms with Gasteiger partial charge in [-0.05, 0) is 48.0 Å². The van der Waals surface area contributed by atoms with Gasteiger partial charge in [-0.1, -0.05) is 12.1 Å². The number of ether oxygens (including phenoxy) is 3. The molecule has 2 aromatic rings. The summed E-state index contributed by atoms with van der Waals surface area (Å²) in [5, 5.41) is 9.54. The molecule has 6 heteroatoms. The summed E-state index contributed by atoms with van der Waals surface area (Å²) in [6.07, 6.45) is 3.00. The third kappa shape index (κ3) is 5.46. The molecule has 136 valence electrons. The maximum Gasteiger partial charge on any atom is 0.193 e. The highest BCUT2D eigenvalue weighted by atomic mass is 16.5. The van der Waals surface area contributed by atoms with E-state index in [1.54, 1.807) is 42.5 Å². The number of phenolic OH excluding ortho intramolecular Hbond substituents is 1. The number of Topliss-reactive ketones (excluding diaryl/α,β-unsaturated/α-hetero) is 1. The van der Waals surface area contributed by atoms with Crippen LogP contribution in [0.2, 0.25) is 0 Å². The Labute approximate surface area is 151 Å². The Hall–Kier alpha value is -3.12. The molecule has 0 amide bonds. The summed E-state index contributed by atoms with van der Waals surface area (Å²) in [5.41, 5.74) is 1.24. The molecule has 2 aromatic carbocycles. The van der Waals surface area contributed by atoms with Crippen LogP contribution in [0.1, 0.15) is 15.9 Å². The quantitative estimate of drug-likeness (QED) is 0.550. The van der Waals surface area contributed by atoms with Crippen LogP contribution in [-0.4, -0.2) is 44.1 Å². The smallest absolute Gasteiger partial charge is 0.193 e. The molecule has 0 atom stereocenters. The monoisotopic (exact) mass is 356 g/mol. The Morgan fingerprint density at radius 3 is 2.42 bits per heavy atom. The van der Waals surface area contributed by atoms with Crippen LogP contribution in [0.15, 0.2) is 48.5 Å². The number of hydrogen-bond donors (Lipinski definition) is 1. The number of benzene rings is 2. The van der Waals surface area contributed by atoms with E-state index in [9.17, 15) is 14.7 Å². The Kier molecular flexibility index (Phi) is 6.93. The lowest BCUT2D eigenvalue weighted by atomic mass is 10.1. The molecule has 0 aromatic heterocycles. The number of methoxy groups -OCH3 is 2. The zero-order valence-corrected chi connectivity index (χ0v) is 14.6. The number of hydrogen-bond acceptors (Lipinski definition) is 6. The van der Waals surface area contributed by atoms with Crippen molar-refractivity contribution in [2.45, 2.75) is 0 Å². The van der Waals surface area contributed by atoms with Gasteiger partial charge in [0, 0.05) is 12.7 Å². The van der Waals surface area contributed by atoms with Gasteiger partial charge in [-0.25, -0.2) is 0 Å². The van der Waals surface area contributed by atoms with Gasteiger partial charge >= 0.3 is 0 Å². The van der Waals surface area contributed by atoms with E-state index in [0.717, 1.165) is 0 Å². The minimum Gasteiger partial charge on any atom is -0.504 e. The fraction of sp³-hybridized carbons (Fsp3) is 0.200. The Morgan fingerprint density at radius 2 is 1.77 bits per heavy atom. The lowest BCUT2D eigenvalue weighted by Crippen LogP contribution is -2.09. The Morgan fingerprint density at radius 1 is 1.04 bits per heavy atom. The summed E-state index contributed by atoms with van der Waals surface area (Å²) in [4.78, 5) is 23.6. The molecule has 2 rings (SSSR count). The van der Waals surface area contributed by atoms with Gasteiger partial charge in [-0.2, -0.15) is 0 Å². The van der Waals surface area contributed by atoms with Gasteiger partial charge in [0.25, 0.3) is 0 Å². The van der Waals surface area contributed by atoms with Crippen molar-refractivity contribution in [3.05, 3.63) is 59.7 Å². The lowest BCUT2D eigenvalue weighted by molar-refractivity contribution is -0.116. The molecule has 0 unspecified atom stereocenters. The average Bonchev–Trinajstić information content (AvgIpc) is 2.66. The van der Waals surface area contributed by atoms with Crippen LogP contribution >= 0.6 is 0 Å². The Balaban J connectivity index is 1.89. The summed E-state index contributed by atoms with van der Waals surface area (Å²) in [6, 6.07) is 11.3. The normalized spacial score (nSPS) is 10.7. The molecular formula is C20H20O6. The summed E-state index contributed by atoms with van der Waals surface area (Å²) in [5.74, 6) is 0.511. The predicted octanol–water partition coefficient (Wildman–Crippen LogP) is 2.89. The lowest BCUT2D eigenvalue weighted by Gasteiger charge is -2.05. The van der Waals surface area contributed by atoms with E-state index in [1.165, 1.54) is 26.4 Å². The van der Waals surface area contributed by atoms with E-state index in [4.69, 9.17) is 14.2 Å². The zero-order valence-electron chi connectivity index (χ0n) is 14.6. The summed E-state index contributed by atoms with van der Waals surface area (Å²) in [7, 11) is 2.92. The second-order valence-electron chi connectivity index (χ2n) is 5.40. The topological polar surface area (TPSA) is 82.1 Å². The number of ketones is 2. The van der Waals surface area contributed by atoms with Gasteiger partial charge in [0.1, 0.15) is 12.4 Å². The summed E-state index contributed by atoms with van der Waals surface area (Å²) in [6.45, 7) is -0.109. The minimum absolute atomic E-state index is 0.0194. The summed E-state index contributed by atoms with van der Waals surface area (Å²) >= 11 is 0. The van der Waals surface area contributed by atoms with Gasteiger partial charge in [0.2, 0.25) is 0 Å². The van der Waals surface area contributed by atoms with Gasteiger partial charge in [0.15, 0.2) is 29.7 Å². The molecule has 0 radical (unpaired) electrons. The van der Waals surface area contributed by atoms with E-state index in [2.05, 4.69) is 0 Å². The maximum absolute atomic E-state index is 11.9. The molecule has 0 saturated heterocycles. The molecule has 26 heavy (non-hydrogen) atoms. The van der Waals surface area contributed by atoms with Crippen molar-refractivity contribution >= 4 is 17.6 Å². The van der Waals surface area contributed by atoms with Gasteiger partial charge in [0.05, 0.1) is 7.11 Å². The molecule has 1 N–H and O–H groups in total. The standard InChI is InChI=1S/C20H20O6/c1-24-13-19(23)15-5-8-17(9-6-15)26-12-16(21)7-3-14-4-10-18(22)20(11-14)25-2/h3-11,22H,12-13H2,1-2H3/b7-3+. The van der Waals surface area contributed by atoms with E-state index in [-0.39, 0.29) is 30.5 Å². The van der Waals surface area contributed by atoms with Crippen molar-refractivity contribution in [2.75, 3.05) is 27.4 Å². The molecule has 0 fully saturated rings. The molecule has 0 saturated carbocycles. The maximum atomic E-state index is 11.9.